The maximum Gasteiger partial charge on any atom is 0.137 e. The summed E-state index contributed by atoms with van der Waals surface area (Å²) in [7, 11) is 0. The quantitative estimate of drug-likeness (QED) is 0.829. The van der Waals surface area contributed by atoms with Crippen LogP contribution in [0.2, 0.25) is 0 Å². The normalized spacial score (nSPS) is 11.4. The minimum absolute atomic E-state index is 0.260. The van der Waals surface area contributed by atoms with Gasteiger partial charge in [0.25, 0.3) is 0 Å². The van der Waals surface area contributed by atoms with Gasteiger partial charge in [0.15, 0.2) is 0 Å². The van der Waals surface area contributed by atoms with Crippen molar-refractivity contribution in [2.24, 2.45) is 0 Å². The Morgan fingerprint density at radius 3 is 2.69 bits per heavy atom. The van der Waals surface area contributed by atoms with E-state index in [0.29, 0.717) is 5.75 Å². The average Bonchev–Trinajstić information content (AvgIpc) is 2.02. The molecule has 0 unspecified atom stereocenters. The van der Waals surface area contributed by atoms with Crippen LogP contribution < -0.4 is 4.74 Å². The van der Waals surface area contributed by atoms with Crippen LogP contribution in [0.15, 0.2) is 22.9 Å². The van der Waals surface area contributed by atoms with Gasteiger partial charge in [0, 0.05) is 0 Å². The van der Waals surface area contributed by atoms with Gasteiger partial charge in [0.1, 0.15) is 17.0 Å². The van der Waals surface area contributed by atoms with Crippen molar-refractivity contribution in [3.63, 3.8) is 0 Å². The van der Waals surface area contributed by atoms with Crippen molar-refractivity contribution in [2.75, 3.05) is 6.61 Å². The Morgan fingerprint density at radius 1 is 1.54 bits per heavy atom. The molecule has 0 radical (unpaired) electrons. The molecule has 3 nitrogen and oxygen atoms in total. The zero-order chi connectivity index (χ0) is 9.90. The molecule has 0 saturated carbocycles. The molecule has 0 atom stereocenters. The summed E-state index contributed by atoms with van der Waals surface area (Å²) in [6.45, 7) is 3.65. The maximum atomic E-state index is 9.38. The van der Waals surface area contributed by atoms with Crippen molar-refractivity contribution in [1.29, 1.82) is 0 Å². The van der Waals surface area contributed by atoms with Crippen LogP contribution >= 0.6 is 15.9 Å². The van der Waals surface area contributed by atoms with E-state index in [1.165, 1.54) is 0 Å². The largest absolute Gasteiger partial charge is 0.489 e. The second kappa shape index (κ2) is 4.07. The fraction of sp³-hybridized carbons (Fsp3) is 0.444. The third kappa shape index (κ3) is 4.24. The third-order valence-electron chi connectivity index (χ3n) is 1.29. The Kier molecular flexibility index (Phi) is 3.27. The molecule has 0 saturated heterocycles. The van der Waals surface area contributed by atoms with Gasteiger partial charge in [-0.2, -0.15) is 0 Å². The molecule has 1 N–H and O–H groups in total. The van der Waals surface area contributed by atoms with Crippen LogP contribution in [0.25, 0.3) is 0 Å². The molecule has 72 valence electrons. The Hall–Kier alpha value is -0.610. The minimum Gasteiger partial charge on any atom is -0.489 e. The van der Waals surface area contributed by atoms with E-state index in [4.69, 9.17) is 4.74 Å². The van der Waals surface area contributed by atoms with Crippen molar-refractivity contribution in [3.05, 3.63) is 22.9 Å². The molecule has 1 heterocycles. The molecule has 13 heavy (non-hydrogen) atoms. The highest BCUT2D eigenvalue weighted by molar-refractivity contribution is 9.10. The molecule has 1 aromatic heterocycles. The van der Waals surface area contributed by atoms with Crippen LogP contribution in [0.5, 0.6) is 5.75 Å². The molecule has 0 aliphatic rings. The number of rotatable bonds is 3. The van der Waals surface area contributed by atoms with Gasteiger partial charge < -0.3 is 9.84 Å². The number of hydrogen-bond donors (Lipinski definition) is 1. The first-order chi connectivity index (χ1) is 5.97. The standard InChI is InChI=1S/C9H12BrNO2/c1-9(2,12)6-13-7-3-4-8(10)11-5-7/h3-5,12H,6H2,1-2H3. The molecule has 0 bridgehead atoms. The summed E-state index contributed by atoms with van der Waals surface area (Å²) in [5.74, 6) is 0.658. The summed E-state index contributed by atoms with van der Waals surface area (Å²) < 4.78 is 6.06. The Bertz CT molecular complexity index is 266. The number of nitrogens with zero attached hydrogens (tertiary/aromatic N) is 1. The smallest absolute Gasteiger partial charge is 0.137 e. The van der Waals surface area contributed by atoms with Crippen molar-refractivity contribution < 1.29 is 9.84 Å². The molecular formula is C9H12BrNO2. The molecule has 0 aliphatic heterocycles. The Balaban J connectivity index is 2.51. The average molecular weight is 246 g/mol. The van der Waals surface area contributed by atoms with E-state index < -0.39 is 5.60 Å². The van der Waals surface area contributed by atoms with Crippen molar-refractivity contribution in [3.8, 4) is 5.75 Å². The van der Waals surface area contributed by atoms with Gasteiger partial charge in [-0.05, 0) is 41.9 Å². The number of hydrogen-bond acceptors (Lipinski definition) is 3. The zero-order valence-electron chi connectivity index (χ0n) is 7.62. The fourth-order valence-corrected chi connectivity index (χ4v) is 0.942. The lowest BCUT2D eigenvalue weighted by atomic mass is 10.2. The van der Waals surface area contributed by atoms with Crippen molar-refractivity contribution in [2.45, 2.75) is 19.4 Å². The third-order valence-corrected chi connectivity index (χ3v) is 1.76. The first-order valence-corrected chi connectivity index (χ1v) is 4.73. The monoisotopic (exact) mass is 245 g/mol. The summed E-state index contributed by atoms with van der Waals surface area (Å²) in [4.78, 5) is 3.99. The fourth-order valence-electron chi connectivity index (χ4n) is 0.708. The topological polar surface area (TPSA) is 42.4 Å². The van der Waals surface area contributed by atoms with Crippen LogP contribution in [0, 0.1) is 0 Å². The highest BCUT2D eigenvalue weighted by atomic mass is 79.9. The molecule has 1 aromatic rings. The molecule has 0 aliphatic carbocycles. The van der Waals surface area contributed by atoms with Gasteiger partial charge in [0.2, 0.25) is 0 Å². The maximum absolute atomic E-state index is 9.38. The first kappa shape index (κ1) is 10.5. The number of halogens is 1. The van der Waals surface area contributed by atoms with Gasteiger partial charge >= 0.3 is 0 Å². The Morgan fingerprint density at radius 2 is 2.23 bits per heavy atom. The summed E-state index contributed by atoms with van der Waals surface area (Å²) in [6, 6.07) is 3.59. The number of aromatic nitrogens is 1. The van der Waals surface area contributed by atoms with Gasteiger partial charge in [0.05, 0.1) is 11.8 Å². The number of aliphatic hydroxyl groups is 1. The summed E-state index contributed by atoms with van der Waals surface area (Å²) >= 11 is 3.22. The zero-order valence-corrected chi connectivity index (χ0v) is 9.21. The predicted molar refractivity (Wildman–Crippen MR) is 53.7 cm³/mol. The van der Waals surface area contributed by atoms with E-state index in [9.17, 15) is 5.11 Å². The summed E-state index contributed by atoms with van der Waals surface area (Å²) in [5, 5.41) is 9.38. The minimum atomic E-state index is -0.812. The van der Waals surface area contributed by atoms with Gasteiger partial charge in [-0.3, -0.25) is 0 Å². The second-order valence-electron chi connectivity index (χ2n) is 3.42. The summed E-state index contributed by atoms with van der Waals surface area (Å²) in [6.07, 6.45) is 1.61. The van der Waals surface area contributed by atoms with Crippen LogP contribution in [0.3, 0.4) is 0 Å². The van der Waals surface area contributed by atoms with E-state index in [1.807, 2.05) is 0 Å². The SMILES string of the molecule is CC(C)(O)COc1ccc(Br)nc1. The highest BCUT2D eigenvalue weighted by Gasteiger charge is 2.13. The van der Waals surface area contributed by atoms with Gasteiger partial charge in [-0.15, -0.1) is 0 Å². The van der Waals surface area contributed by atoms with Crippen LogP contribution in [0.1, 0.15) is 13.8 Å². The van der Waals surface area contributed by atoms with E-state index >= 15 is 0 Å². The molecule has 0 fully saturated rings. The summed E-state index contributed by atoms with van der Waals surface area (Å²) in [5.41, 5.74) is -0.812. The van der Waals surface area contributed by atoms with Crippen LogP contribution in [-0.4, -0.2) is 22.3 Å². The highest BCUT2D eigenvalue weighted by Crippen LogP contribution is 2.14. The van der Waals surface area contributed by atoms with E-state index in [1.54, 1.807) is 32.2 Å². The van der Waals surface area contributed by atoms with Crippen molar-refractivity contribution >= 4 is 15.9 Å². The van der Waals surface area contributed by atoms with Crippen LogP contribution in [0.4, 0.5) is 0 Å². The van der Waals surface area contributed by atoms with Crippen LogP contribution in [-0.2, 0) is 0 Å². The molecular weight excluding hydrogens is 234 g/mol. The lowest BCUT2D eigenvalue weighted by Crippen LogP contribution is -2.27. The molecule has 4 heteroatoms. The molecule has 0 amide bonds. The lowest BCUT2D eigenvalue weighted by molar-refractivity contribution is 0.0283. The predicted octanol–water partition coefficient (Wildman–Crippen LogP) is 1.99. The number of pyridine rings is 1. The van der Waals surface area contributed by atoms with Gasteiger partial charge in [-0.1, -0.05) is 0 Å². The molecule has 1 rings (SSSR count). The second-order valence-corrected chi connectivity index (χ2v) is 4.23. The van der Waals surface area contributed by atoms with Crippen molar-refractivity contribution in [1.82, 2.24) is 4.98 Å². The van der Waals surface area contributed by atoms with E-state index in [2.05, 4.69) is 20.9 Å². The number of ether oxygens (including phenoxy) is 1. The van der Waals surface area contributed by atoms with E-state index in [0.717, 1.165) is 4.60 Å². The Labute approximate surface area is 85.9 Å². The first-order valence-electron chi connectivity index (χ1n) is 3.94. The lowest BCUT2D eigenvalue weighted by Gasteiger charge is -2.17. The van der Waals surface area contributed by atoms with E-state index in [-0.39, 0.29) is 6.61 Å². The molecule has 0 spiro atoms. The molecule has 0 aromatic carbocycles. The van der Waals surface area contributed by atoms with Gasteiger partial charge in [-0.25, -0.2) is 4.98 Å².